The molecule has 8 nitrogen and oxygen atoms in total. The normalized spacial score (nSPS) is 14.1. The largest absolute Gasteiger partial charge is 0.477 e. The predicted octanol–water partition coefficient (Wildman–Crippen LogP) is 4.48. The summed E-state index contributed by atoms with van der Waals surface area (Å²) >= 11 is 1.57. The monoisotopic (exact) mass is 483 g/mol. The van der Waals surface area contributed by atoms with E-state index in [2.05, 4.69) is 39.5 Å². The van der Waals surface area contributed by atoms with Gasteiger partial charge in [-0.1, -0.05) is 24.3 Å². The number of anilines is 1. The molecule has 9 heteroatoms. The van der Waals surface area contributed by atoms with E-state index in [4.69, 9.17) is 24.7 Å². The van der Waals surface area contributed by atoms with E-state index in [0.29, 0.717) is 24.3 Å². The Morgan fingerprint density at radius 1 is 0.914 bits per heavy atom. The maximum Gasteiger partial charge on any atom is 0.236 e. The fraction of sp³-hybridized carbons (Fsp3) is 0.269. The van der Waals surface area contributed by atoms with Crippen LogP contribution in [0.25, 0.3) is 42.9 Å². The van der Waals surface area contributed by atoms with Crippen LogP contribution in [0.5, 0.6) is 5.88 Å². The van der Waals surface area contributed by atoms with Crippen LogP contribution in [-0.4, -0.2) is 57.7 Å². The Balaban J connectivity index is 1.44. The highest BCUT2D eigenvalue weighted by Gasteiger charge is 2.22. The van der Waals surface area contributed by atoms with Crippen LogP contribution in [-0.2, 0) is 0 Å². The van der Waals surface area contributed by atoms with Gasteiger partial charge < -0.3 is 15.0 Å². The summed E-state index contributed by atoms with van der Waals surface area (Å²) in [5, 5.41) is 4.35. The molecule has 1 aliphatic heterocycles. The number of fused-ring (bicyclic) bond motifs is 3. The third kappa shape index (κ3) is 4.06. The molecule has 0 bridgehead atoms. The van der Waals surface area contributed by atoms with E-state index in [1.165, 1.54) is 0 Å². The minimum Gasteiger partial charge on any atom is -0.477 e. The van der Waals surface area contributed by atoms with Crippen LogP contribution in [0.1, 0.15) is 12.6 Å². The Morgan fingerprint density at radius 2 is 1.63 bits per heavy atom. The van der Waals surface area contributed by atoms with Crippen LogP contribution in [0, 0.1) is 6.92 Å². The molecule has 1 fully saturated rings. The van der Waals surface area contributed by atoms with Gasteiger partial charge in [-0.3, -0.25) is 4.98 Å². The topological polar surface area (TPSA) is 89.0 Å². The van der Waals surface area contributed by atoms with Crippen LogP contribution in [0.4, 0.5) is 5.95 Å². The number of pyridine rings is 1. The number of ether oxygens (including phenoxy) is 1. The van der Waals surface area contributed by atoms with Gasteiger partial charge in [0.15, 0.2) is 5.82 Å². The van der Waals surface area contributed by atoms with Crippen molar-refractivity contribution in [2.75, 3.05) is 37.7 Å². The van der Waals surface area contributed by atoms with Crippen LogP contribution in [0.15, 0.2) is 48.8 Å². The maximum atomic E-state index is 5.95. The summed E-state index contributed by atoms with van der Waals surface area (Å²) < 4.78 is 6.87. The fourth-order valence-electron chi connectivity index (χ4n) is 4.40. The standard InChI is InChI=1S/C26H25N7OS/c1-3-34-24-22-21(30-26(32-24)33-14-12-28-13-15-33)20-16(2)29-23(31-25(20)35-22)19-6-4-17(5-7-19)18-8-10-27-11-9-18/h4-11,28H,3,12-15H2,1-2H3. The molecule has 0 aliphatic carbocycles. The molecule has 1 aromatic carbocycles. The highest BCUT2D eigenvalue weighted by Crippen LogP contribution is 2.39. The van der Waals surface area contributed by atoms with Crippen molar-refractivity contribution in [1.29, 1.82) is 0 Å². The second-order valence-corrected chi connectivity index (χ2v) is 9.40. The molecule has 0 spiro atoms. The van der Waals surface area contributed by atoms with Crippen LogP contribution < -0.4 is 15.0 Å². The fourth-order valence-corrected chi connectivity index (χ4v) is 5.50. The Hall–Kier alpha value is -3.69. The molecular weight excluding hydrogens is 458 g/mol. The van der Waals surface area contributed by atoms with Crippen molar-refractivity contribution < 1.29 is 4.74 Å². The van der Waals surface area contributed by atoms with Gasteiger partial charge >= 0.3 is 0 Å². The molecule has 0 unspecified atom stereocenters. The summed E-state index contributed by atoms with van der Waals surface area (Å²) in [6.07, 6.45) is 3.61. The summed E-state index contributed by atoms with van der Waals surface area (Å²) in [4.78, 5) is 26.8. The number of hydrogen-bond donors (Lipinski definition) is 1. The van der Waals surface area contributed by atoms with Crippen molar-refractivity contribution in [2.24, 2.45) is 0 Å². The van der Waals surface area contributed by atoms with E-state index in [-0.39, 0.29) is 0 Å². The Morgan fingerprint density at radius 3 is 2.37 bits per heavy atom. The number of rotatable bonds is 5. The van der Waals surface area contributed by atoms with Gasteiger partial charge in [0.2, 0.25) is 11.8 Å². The molecule has 1 aliphatic rings. The van der Waals surface area contributed by atoms with Gasteiger partial charge in [0.25, 0.3) is 0 Å². The second-order valence-electron chi connectivity index (χ2n) is 8.40. The third-order valence-corrected chi connectivity index (χ3v) is 7.21. The smallest absolute Gasteiger partial charge is 0.236 e. The lowest BCUT2D eigenvalue weighted by Gasteiger charge is -2.27. The van der Waals surface area contributed by atoms with E-state index in [0.717, 1.165) is 69.0 Å². The third-order valence-electron chi connectivity index (χ3n) is 6.15. The van der Waals surface area contributed by atoms with Gasteiger partial charge in [-0.25, -0.2) is 15.0 Å². The number of thiophene rings is 1. The molecule has 0 radical (unpaired) electrons. The van der Waals surface area contributed by atoms with Crippen molar-refractivity contribution in [2.45, 2.75) is 13.8 Å². The molecular formula is C26H25N7OS. The Labute approximate surface area is 207 Å². The lowest BCUT2D eigenvalue weighted by atomic mass is 10.0. The van der Waals surface area contributed by atoms with Gasteiger partial charge in [0.05, 0.1) is 17.7 Å². The summed E-state index contributed by atoms with van der Waals surface area (Å²) in [7, 11) is 0. The van der Waals surface area contributed by atoms with Crippen LogP contribution in [0.3, 0.4) is 0 Å². The van der Waals surface area contributed by atoms with Crippen molar-refractivity contribution in [3.8, 4) is 28.4 Å². The van der Waals surface area contributed by atoms with Crippen molar-refractivity contribution in [3.63, 3.8) is 0 Å². The summed E-state index contributed by atoms with van der Waals surface area (Å²) in [5.74, 6) is 2.03. The van der Waals surface area contributed by atoms with Crippen LogP contribution in [0.2, 0.25) is 0 Å². The van der Waals surface area contributed by atoms with Gasteiger partial charge in [-0.2, -0.15) is 4.98 Å². The maximum absolute atomic E-state index is 5.95. The lowest BCUT2D eigenvalue weighted by molar-refractivity contribution is 0.331. The molecule has 6 rings (SSSR count). The van der Waals surface area contributed by atoms with Crippen LogP contribution >= 0.6 is 11.3 Å². The molecule has 5 heterocycles. The zero-order chi connectivity index (χ0) is 23.8. The molecule has 1 saturated heterocycles. The van der Waals surface area contributed by atoms with E-state index in [9.17, 15) is 0 Å². The molecule has 0 saturated carbocycles. The predicted molar refractivity (Wildman–Crippen MR) is 140 cm³/mol. The molecule has 176 valence electrons. The highest BCUT2D eigenvalue weighted by atomic mass is 32.1. The quantitative estimate of drug-likeness (QED) is 0.391. The number of piperazine rings is 1. The minimum absolute atomic E-state index is 0.543. The Bertz CT molecular complexity index is 1500. The lowest BCUT2D eigenvalue weighted by Crippen LogP contribution is -2.44. The minimum atomic E-state index is 0.543. The first-order valence-electron chi connectivity index (χ1n) is 11.8. The molecule has 0 atom stereocenters. The summed E-state index contributed by atoms with van der Waals surface area (Å²) in [5.41, 5.74) is 5.01. The first kappa shape index (κ1) is 21.8. The van der Waals surface area contributed by atoms with E-state index in [1.54, 1.807) is 23.7 Å². The summed E-state index contributed by atoms with van der Waals surface area (Å²) in [6, 6.07) is 12.3. The number of aromatic nitrogens is 5. The van der Waals surface area contributed by atoms with Gasteiger partial charge in [0, 0.05) is 44.1 Å². The van der Waals surface area contributed by atoms with Gasteiger partial charge in [-0.05, 0) is 37.1 Å². The first-order valence-corrected chi connectivity index (χ1v) is 12.6. The number of nitrogens with zero attached hydrogens (tertiary/aromatic N) is 6. The zero-order valence-electron chi connectivity index (χ0n) is 19.7. The number of benzene rings is 1. The molecule has 0 amide bonds. The van der Waals surface area contributed by atoms with Gasteiger partial charge in [0.1, 0.15) is 15.0 Å². The average molecular weight is 484 g/mol. The first-order chi connectivity index (χ1) is 17.2. The zero-order valence-corrected chi connectivity index (χ0v) is 20.5. The van der Waals surface area contributed by atoms with E-state index >= 15 is 0 Å². The molecule has 35 heavy (non-hydrogen) atoms. The van der Waals surface area contributed by atoms with E-state index < -0.39 is 0 Å². The Kier molecular flexibility index (Phi) is 5.71. The second kappa shape index (κ2) is 9.16. The number of aryl methyl sites for hydroxylation is 1. The number of nitrogens with one attached hydrogen (secondary N) is 1. The summed E-state index contributed by atoms with van der Waals surface area (Å²) in [6.45, 7) is 8.12. The van der Waals surface area contributed by atoms with Crippen molar-refractivity contribution in [1.82, 2.24) is 30.2 Å². The average Bonchev–Trinajstić information content (AvgIpc) is 3.29. The molecule has 5 aromatic rings. The molecule has 4 aromatic heterocycles. The highest BCUT2D eigenvalue weighted by molar-refractivity contribution is 7.25. The number of hydrogen-bond acceptors (Lipinski definition) is 9. The van der Waals surface area contributed by atoms with Gasteiger partial charge in [-0.15, -0.1) is 11.3 Å². The van der Waals surface area contributed by atoms with Crippen molar-refractivity contribution >= 4 is 37.7 Å². The molecule has 1 N–H and O–H groups in total. The SMILES string of the molecule is CCOc1nc(N2CCNCC2)nc2c1sc1nc(-c3ccc(-c4ccncc4)cc3)nc(C)c12. The van der Waals surface area contributed by atoms with Crippen molar-refractivity contribution in [3.05, 3.63) is 54.5 Å². The van der Waals surface area contributed by atoms with E-state index in [1.807, 2.05) is 26.0 Å².